The number of carbonyl (C=O) groups excluding carboxylic acids is 3. The summed E-state index contributed by atoms with van der Waals surface area (Å²) in [5, 5.41) is 2.48. The van der Waals surface area contributed by atoms with Gasteiger partial charge in [0.05, 0.1) is 4.88 Å². The van der Waals surface area contributed by atoms with Crippen LogP contribution in [-0.2, 0) is 9.53 Å². The van der Waals surface area contributed by atoms with E-state index in [1.165, 1.54) is 30.4 Å². The van der Waals surface area contributed by atoms with Crippen molar-refractivity contribution in [3.05, 3.63) is 69.2 Å². The maximum atomic E-state index is 13.0. The Bertz CT molecular complexity index is 1200. The van der Waals surface area contributed by atoms with E-state index in [0.717, 1.165) is 10.6 Å². The van der Waals surface area contributed by atoms with Crippen LogP contribution in [0.3, 0.4) is 0 Å². The molecule has 1 N–H and O–H groups in total. The summed E-state index contributed by atoms with van der Waals surface area (Å²) in [7, 11) is 0. The van der Waals surface area contributed by atoms with Gasteiger partial charge >= 0.3 is 12.6 Å². The van der Waals surface area contributed by atoms with Crippen LogP contribution < -0.4 is 10.1 Å². The lowest BCUT2D eigenvalue weighted by Gasteiger charge is -2.14. The monoisotopic (exact) mass is 490 g/mol. The molecule has 1 aromatic carbocycles. The van der Waals surface area contributed by atoms with Gasteiger partial charge in [0.15, 0.2) is 6.10 Å². The zero-order valence-electron chi connectivity index (χ0n) is 19.1. The smallest absolute Gasteiger partial charge is 0.387 e. The first-order valence-corrected chi connectivity index (χ1v) is 11.2. The first-order valence-electron chi connectivity index (χ1n) is 10.4. The highest BCUT2D eigenvalue weighted by Crippen LogP contribution is 2.25. The molecule has 0 fully saturated rings. The molecule has 0 saturated heterocycles. The third-order valence-electron chi connectivity index (χ3n) is 5.05. The van der Waals surface area contributed by atoms with E-state index in [9.17, 15) is 23.2 Å². The highest BCUT2D eigenvalue weighted by molar-refractivity contribution is 7.13. The zero-order valence-corrected chi connectivity index (χ0v) is 19.9. The standard InChI is InChI=1S/C24H24F2N2O5S/c1-13-11-19(15(3)28(13)17-6-8-18(9-7-17)33-24(25)26)22(30)16(4)32-21(29)12-27-23(31)20-10-5-14(2)34-20/h5-11,16,24H,12H2,1-4H3,(H,27,31). The number of aryl methyl sites for hydroxylation is 2. The van der Waals surface area contributed by atoms with E-state index in [0.29, 0.717) is 21.8 Å². The molecule has 0 aliphatic carbocycles. The predicted octanol–water partition coefficient (Wildman–Crippen LogP) is 4.61. The van der Waals surface area contributed by atoms with Gasteiger partial charge in [0.2, 0.25) is 5.78 Å². The molecule has 7 nitrogen and oxygen atoms in total. The van der Waals surface area contributed by atoms with Crippen LogP contribution in [0.2, 0.25) is 0 Å². The fourth-order valence-corrected chi connectivity index (χ4v) is 4.28. The van der Waals surface area contributed by atoms with Crippen LogP contribution in [0.5, 0.6) is 5.75 Å². The van der Waals surface area contributed by atoms with Crippen LogP contribution in [0.1, 0.15) is 43.2 Å². The maximum absolute atomic E-state index is 13.0. The van der Waals surface area contributed by atoms with Gasteiger partial charge in [-0.15, -0.1) is 11.3 Å². The number of benzene rings is 1. The van der Waals surface area contributed by atoms with Gasteiger partial charge in [-0.1, -0.05) is 0 Å². The maximum Gasteiger partial charge on any atom is 0.387 e. The van der Waals surface area contributed by atoms with Crippen molar-refractivity contribution in [2.24, 2.45) is 0 Å². The molecule has 0 aliphatic rings. The Kier molecular flexibility index (Phi) is 7.83. The van der Waals surface area contributed by atoms with E-state index >= 15 is 0 Å². The Morgan fingerprint density at radius 2 is 1.74 bits per heavy atom. The van der Waals surface area contributed by atoms with E-state index in [1.54, 1.807) is 48.7 Å². The SMILES string of the molecule is Cc1ccc(C(=O)NCC(=O)OC(C)C(=O)c2cc(C)n(-c3ccc(OC(F)F)cc3)c2C)s1. The number of ketones is 1. The Hall–Kier alpha value is -3.53. The summed E-state index contributed by atoms with van der Waals surface area (Å²) in [5.41, 5.74) is 2.37. The average molecular weight is 491 g/mol. The molecule has 0 bridgehead atoms. The van der Waals surface area contributed by atoms with Crippen LogP contribution in [0.25, 0.3) is 5.69 Å². The molecule has 3 aromatic rings. The number of hydrogen-bond acceptors (Lipinski definition) is 6. The molecule has 34 heavy (non-hydrogen) atoms. The number of thiophene rings is 1. The van der Waals surface area contributed by atoms with Crippen LogP contribution in [0, 0.1) is 20.8 Å². The second-order valence-electron chi connectivity index (χ2n) is 7.58. The molecular weight excluding hydrogens is 466 g/mol. The highest BCUT2D eigenvalue weighted by Gasteiger charge is 2.24. The van der Waals surface area contributed by atoms with Crippen molar-refractivity contribution in [3.8, 4) is 11.4 Å². The summed E-state index contributed by atoms with van der Waals surface area (Å²) in [6, 6.07) is 11.2. The summed E-state index contributed by atoms with van der Waals surface area (Å²) < 4.78 is 36.1. The highest BCUT2D eigenvalue weighted by atomic mass is 32.1. The van der Waals surface area contributed by atoms with E-state index < -0.39 is 24.5 Å². The van der Waals surface area contributed by atoms with Crippen molar-refractivity contribution < 1.29 is 32.6 Å². The molecular formula is C24H24F2N2O5S. The Morgan fingerprint density at radius 1 is 1.06 bits per heavy atom. The largest absolute Gasteiger partial charge is 0.453 e. The molecule has 2 aromatic heterocycles. The Labute approximate surface area is 199 Å². The lowest BCUT2D eigenvalue weighted by atomic mass is 10.1. The number of hydrogen-bond donors (Lipinski definition) is 1. The van der Waals surface area contributed by atoms with Crippen molar-refractivity contribution in [1.29, 1.82) is 0 Å². The number of ether oxygens (including phenoxy) is 2. The lowest BCUT2D eigenvalue weighted by Crippen LogP contribution is -2.33. The normalized spacial score (nSPS) is 11.9. The van der Waals surface area contributed by atoms with Gasteiger partial charge in [0.25, 0.3) is 5.91 Å². The number of alkyl halides is 2. The van der Waals surface area contributed by atoms with Crippen molar-refractivity contribution >= 4 is 29.0 Å². The molecule has 3 rings (SSSR count). The van der Waals surface area contributed by atoms with Crippen molar-refractivity contribution in [3.63, 3.8) is 0 Å². The van der Waals surface area contributed by atoms with Gasteiger partial charge in [0.1, 0.15) is 12.3 Å². The zero-order chi connectivity index (χ0) is 25.0. The van der Waals surface area contributed by atoms with Crippen molar-refractivity contribution in [2.45, 2.75) is 40.4 Å². The molecule has 10 heteroatoms. The number of halogens is 2. The second-order valence-corrected chi connectivity index (χ2v) is 8.87. The fourth-order valence-electron chi connectivity index (χ4n) is 3.49. The molecule has 0 aliphatic heterocycles. The number of Topliss-reactive ketones (excluding diaryl/α,β-unsaturated/α-hetero) is 1. The van der Waals surface area contributed by atoms with Gasteiger partial charge in [-0.3, -0.25) is 14.4 Å². The van der Waals surface area contributed by atoms with Gasteiger partial charge in [-0.2, -0.15) is 8.78 Å². The molecule has 1 unspecified atom stereocenters. The van der Waals surface area contributed by atoms with Gasteiger partial charge in [0, 0.05) is 27.5 Å². The minimum absolute atomic E-state index is 0.0272. The van der Waals surface area contributed by atoms with E-state index in [2.05, 4.69) is 10.1 Å². The van der Waals surface area contributed by atoms with Gasteiger partial charge < -0.3 is 19.4 Å². The molecule has 1 atom stereocenters. The molecule has 0 spiro atoms. The fraction of sp³-hybridized carbons (Fsp3) is 0.292. The number of rotatable bonds is 9. The summed E-state index contributed by atoms with van der Waals surface area (Å²) >= 11 is 1.31. The third kappa shape index (κ3) is 5.88. The van der Waals surface area contributed by atoms with Crippen LogP contribution >= 0.6 is 11.3 Å². The quantitative estimate of drug-likeness (QED) is 0.350. The van der Waals surface area contributed by atoms with Gasteiger partial charge in [-0.05, 0) is 70.2 Å². The number of nitrogens with zero attached hydrogens (tertiary/aromatic N) is 1. The molecule has 2 heterocycles. The Balaban J connectivity index is 1.65. The number of carbonyl (C=O) groups is 3. The number of amides is 1. The summed E-state index contributed by atoms with van der Waals surface area (Å²) in [4.78, 5) is 38.6. The summed E-state index contributed by atoms with van der Waals surface area (Å²) in [6.07, 6.45) is -1.07. The summed E-state index contributed by atoms with van der Waals surface area (Å²) in [6.45, 7) is 3.60. The van der Waals surface area contributed by atoms with E-state index in [4.69, 9.17) is 4.74 Å². The van der Waals surface area contributed by atoms with Crippen LogP contribution in [0.4, 0.5) is 8.78 Å². The number of esters is 1. The minimum Gasteiger partial charge on any atom is -0.453 e. The number of aromatic nitrogens is 1. The molecule has 180 valence electrons. The van der Waals surface area contributed by atoms with Crippen LogP contribution in [0.15, 0.2) is 42.5 Å². The number of nitrogens with one attached hydrogen (secondary N) is 1. The first-order chi connectivity index (χ1) is 16.1. The predicted molar refractivity (Wildman–Crippen MR) is 123 cm³/mol. The summed E-state index contributed by atoms with van der Waals surface area (Å²) in [5.74, 6) is -1.49. The topological polar surface area (TPSA) is 86.6 Å². The molecule has 0 saturated carbocycles. The lowest BCUT2D eigenvalue weighted by molar-refractivity contribution is -0.145. The third-order valence-corrected chi connectivity index (χ3v) is 6.05. The van der Waals surface area contributed by atoms with Crippen molar-refractivity contribution in [1.82, 2.24) is 9.88 Å². The minimum atomic E-state index is -2.91. The molecule has 1 amide bonds. The molecule has 0 radical (unpaired) electrons. The average Bonchev–Trinajstić information content (AvgIpc) is 3.34. The van der Waals surface area contributed by atoms with E-state index in [1.807, 2.05) is 6.92 Å². The Morgan fingerprint density at radius 3 is 2.32 bits per heavy atom. The van der Waals surface area contributed by atoms with Crippen molar-refractivity contribution in [2.75, 3.05) is 6.54 Å². The first kappa shape index (κ1) is 25.1. The van der Waals surface area contributed by atoms with Crippen LogP contribution in [-0.4, -0.2) is 41.5 Å². The second kappa shape index (κ2) is 10.6. The van der Waals surface area contributed by atoms with Gasteiger partial charge in [-0.25, -0.2) is 0 Å². The van der Waals surface area contributed by atoms with E-state index in [-0.39, 0.29) is 18.2 Å².